The average Bonchev–Trinajstić information content (AvgIpc) is 2.89. The minimum Gasteiger partial charge on any atom is -0.334 e. The summed E-state index contributed by atoms with van der Waals surface area (Å²) < 4.78 is 40.3. The van der Waals surface area contributed by atoms with Crippen molar-refractivity contribution in [2.45, 2.75) is 18.2 Å². The number of rotatable bonds is 3. The molecule has 2 amide bonds. The maximum atomic E-state index is 14.0. The maximum Gasteiger partial charge on any atom is 0.317 e. The first-order valence-corrected chi connectivity index (χ1v) is 9.41. The van der Waals surface area contributed by atoms with Gasteiger partial charge in [0.15, 0.2) is 0 Å². The molecule has 0 spiro atoms. The van der Waals surface area contributed by atoms with Crippen molar-refractivity contribution in [3.05, 3.63) is 71.0 Å². The number of hydrogen-bond acceptors (Lipinski definition) is 2. The van der Waals surface area contributed by atoms with Gasteiger partial charge in [-0.05, 0) is 42.3 Å². The number of amides is 2. The predicted molar refractivity (Wildman–Crippen MR) is 96.4 cm³/mol. The van der Waals surface area contributed by atoms with Crippen LogP contribution in [0.15, 0.2) is 42.5 Å². The van der Waals surface area contributed by atoms with Crippen molar-refractivity contribution in [1.29, 1.82) is 0 Å². The number of hydrogen-bond donors (Lipinski definition) is 1. The number of halogens is 3. The smallest absolute Gasteiger partial charge is 0.317 e. The molecule has 0 saturated carbocycles. The molecule has 1 heterocycles. The molecule has 2 aromatic carbocycles. The molecule has 0 radical (unpaired) electrons. The number of carbonyl (C=O) groups is 1. The van der Waals surface area contributed by atoms with Crippen LogP contribution < -0.4 is 5.32 Å². The number of benzene rings is 2. The van der Waals surface area contributed by atoms with Crippen molar-refractivity contribution in [2.24, 2.45) is 0 Å². The molecule has 3 nitrogen and oxygen atoms in total. The van der Waals surface area contributed by atoms with Crippen LogP contribution in [0.4, 0.5) is 18.0 Å². The van der Waals surface area contributed by atoms with Gasteiger partial charge in [0.25, 0.3) is 0 Å². The molecule has 26 heavy (non-hydrogen) atoms. The number of urea groups is 1. The molecule has 1 saturated heterocycles. The van der Waals surface area contributed by atoms with Crippen LogP contribution in [0.25, 0.3) is 0 Å². The highest BCUT2D eigenvalue weighted by atomic mass is 32.2. The molecule has 1 atom stereocenters. The molecule has 3 rings (SSSR count). The summed E-state index contributed by atoms with van der Waals surface area (Å²) in [6, 6.07) is 9.21. The lowest BCUT2D eigenvalue weighted by Crippen LogP contribution is -2.40. The predicted octanol–water partition coefficient (Wildman–Crippen LogP) is 4.49. The van der Waals surface area contributed by atoms with Gasteiger partial charge in [0.2, 0.25) is 0 Å². The highest BCUT2D eigenvalue weighted by Crippen LogP contribution is 2.36. The molecular formula is C19H19F3N2OS. The minimum atomic E-state index is -0.458. The lowest BCUT2D eigenvalue weighted by Gasteiger charge is -2.21. The van der Waals surface area contributed by atoms with Crippen LogP contribution in [0.1, 0.15) is 22.8 Å². The van der Waals surface area contributed by atoms with E-state index < -0.39 is 11.6 Å². The van der Waals surface area contributed by atoms with Crippen LogP contribution in [0.5, 0.6) is 0 Å². The van der Waals surface area contributed by atoms with E-state index in [-0.39, 0.29) is 17.1 Å². The second kappa shape index (κ2) is 8.49. The van der Waals surface area contributed by atoms with Crippen LogP contribution in [-0.4, -0.2) is 29.8 Å². The lowest BCUT2D eigenvalue weighted by atomic mass is 10.1. The summed E-state index contributed by atoms with van der Waals surface area (Å²) in [5, 5.41) is 2.63. The molecule has 1 fully saturated rings. The van der Waals surface area contributed by atoms with Gasteiger partial charge in [-0.3, -0.25) is 0 Å². The summed E-state index contributed by atoms with van der Waals surface area (Å²) in [4.78, 5) is 14.0. The van der Waals surface area contributed by atoms with Crippen molar-refractivity contribution in [3.63, 3.8) is 0 Å². The average molecular weight is 380 g/mol. The van der Waals surface area contributed by atoms with Gasteiger partial charge >= 0.3 is 6.03 Å². The highest BCUT2D eigenvalue weighted by Gasteiger charge is 2.24. The molecule has 1 aliphatic heterocycles. The molecule has 0 aromatic heterocycles. The second-order valence-electron chi connectivity index (χ2n) is 6.09. The Morgan fingerprint density at radius 2 is 1.81 bits per heavy atom. The zero-order valence-corrected chi connectivity index (χ0v) is 14.9. The largest absolute Gasteiger partial charge is 0.334 e. The van der Waals surface area contributed by atoms with Gasteiger partial charge in [-0.1, -0.05) is 12.1 Å². The Balaban J connectivity index is 1.56. The summed E-state index contributed by atoms with van der Waals surface area (Å²) in [5.74, 6) is -0.552. The molecule has 1 N–H and O–H groups in total. The van der Waals surface area contributed by atoms with Crippen LogP contribution in [0, 0.1) is 17.5 Å². The zero-order chi connectivity index (χ0) is 18.5. The number of carbonyl (C=O) groups excluding carboxylic acids is 1. The Kier molecular flexibility index (Phi) is 6.08. The normalized spacial score (nSPS) is 17.7. The van der Waals surface area contributed by atoms with Crippen LogP contribution >= 0.6 is 11.8 Å². The highest BCUT2D eigenvalue weighted by molar-refractivity contribution is 7.99. The number of thioether (sulfide) groups is 1. The van der Waals surface area contributed by atoms with E-state index in [2.05, 4.69) is 5.32 Å². The van der Waals surface area contributed by atoms with E-state index >= 15 is 0 Å². The topological polar surface area (TPSA) is 32.3 Å². The van der Waals surface area contributed by atoms with E-state index in [4.69, 9.17) is 0 Å². The molecule has 1 aliphatic rings. The standard InChI is InChI=1S/C19H19F3N2OS/c20-14-3-1-13(2-4-14)12-23-19(25)24-8-7-18(26-10-9-24)16-11-15(21)5-6-17(16)22/h1-6,11,18H,7-10,12H2,(H,23,25)/t18-/m0/s1. The molecular weight excluding hydrogens is 361 g/mol. The van der Waals surface area contributed by atoms with Gasteiger partial charge in [0, 0.05) is 36.2 Å². The summed E-state index contributed by atoms with van der Waals surface area (Å²) in [5.41, 5.74) is 1.16. The monoisotopic (exact) mass is 380 g/mol. The third-order valence-corrected chi connectivity index (χ3v) is 5.60. The Morgan fingerprint density at radius 1 is 1.08 bits per heavy atom. The quantitative estimate of drug-likeness (QED) is 0.851. The van der Waals surface area contributed by atoms with Crippen LogP contribution in [0.3, 0.4) is 0 Å². The lowest BCUT2D eigenvalue weighted by molar-refractivity contribution is 0.200. The fourth-order valence-electron chi connectivity index (χ4n) is 2.87. The molecule has 0 aliphatic carbocycles. The van der Waals surface area contributed by atoms with Crippen molar-refractivity contribution < 1.29 is 18.0 Å². The van der Waals surface area contributed by atoms with Crippen LogP contribution in [0.2, 0.25) is 0 Å². The van der Waals surface area contributed by atoms with Gasteiger partial charge < -0.3 is 10.2 Å². The van der Waals surface area contributed by atoms with Crippen molar-refractivity contribution in [2.75, 3.05) is 18.8 Å². The van der Waals surface area contributed by atoms with Gasteiger partial charge in [0.1, 0.15) is 17.5 Å². The van der Waals surface area contributed by atoms with Gasteiger partial charge in [-0.2, -0.15) is 11.8 Å². The molecule has 138 valence electrons. The van der Waals surface area contributed by atoms with Crippen molar-refractivity contribution in [1.82, 2.24) is 10.2 Å². The van der Waals surface area contributed by atoms with Gasteiger partial charge in [0.05, 0.1) is 0 Å². The fraction of sp³-hybridized carbons (Fsp3) is 0.316. The van der Waals surface area contributed by atoms with Crippen LogP contribution in [-0.2, 0) is 6.54 Å². The molecule has 2 aromatic rings. The first kappa shape index (κ1) is 18.6. The van der Waals surface area contributed by atoms with E-state index in [0.717, 1.165) is 17.7 Å². The van der Waals surface area contributed by atoms with E-state index in [0.29, 0.717) is 37.4 Å². The van der Waals surface area contributed by atoms with E-state index in [1.807, 2.05) is 0 Å². The first-order chi connectivity index (χ1) is 12.5. The summed E-state index contributed by atoms with van der Waals surface area (Å²) in [7, 11) is 0. The van der Waals surface area contributed by atoms with E-state index in [9.17, 15) is 18.0 Å². The summed E-state index contributed by atoms with van der Waals surface area (Å²) >= 11 is 1.53. The first-order valence-electron chi connectivity index (χ1n) is 8.36. The van der Waals surface area contributed by atoms with E-state index in [1.165, 1.54) is 30.0 Å². The fourth-order valence-corrected chi connectivity index (χ4v) is 4.12. The third kappa shape index (κ3) is 4.72. The van der Waals surface area contributed by atoms with Crippen molar-refractivity contribution >= 4 is 17.8 Å². The number of nitrogens with zero attached hydrogens (tertiary/aromatic N) is 1. The minimum absolute atomic E-state index is 0.180. The Bertz CT molecular complexity index is 770. The molecule has 0 bridgehead atoms. The third-order valence-electron chi connectivity index (χ3n) is 4.29. The van der Waals surface area contributed by atoms with Gasteiger partial charge in [-0.25, -0.2) is 18.0 Å². The summed E-state index contributed by atoms with van der Waals surface area (Å²) in [6.45, 7) is 1.31. The number of nitrogens with one attached hydrogen (secondary N) is 1. The van der Waals surface area contributed by atoms with Gasteiger partial charge in [-0.15, -0.1) is 0 Å². The zero-order valence-electron chi connectivity index (χ0n) is 14.1. The van der Waals surface area contributed by atoms with Crippen molar-refractivity contribution in [3.8, 4) is 0 Å². The summed E-state index contributed by atoms with van der Waals surface area (Å²) in [6.07, 6.45) is 0.551. The second-order valence-corrected chi connectivity index (χ2v) is 7.40. The van der Waals surface area contributed by atoms with E-state index in [1.54, 1.807) is 17.0 Å². The molecule has 7 heteroatoms. The Hall–Kier alpha value is -2.15. The molecule has 0 unspecified atom stereocenters. The maximum absolute atomic E-state index is 14.0. The Morgan fingerprint density at radius 3 is 2.58 bits per heavy atom. The Labute approximate surface area is 154 Å². The SMILES string of the molecule is O=C(NCc1ccc(F)cc1)N1CCS[C@H](c2cc(F)ccc2F)CC1.